The largest absolute Gasteiger partial charge is 0.308 e. The number of aromatic nitrogens is 1. The summed E-state index contributed by atoms with van der Waals surface area (Å²) >= 11 is 0. The van der Waals surface area contributed by atoms with Crippen LogP contribution >= 0.6 is 0 Å². The zero-order chi connectivity index (χ0) is 15.7. The predicted molar refractivity (Wildman–Crippen MR) is 82.4 cm³/mol. The smallest absolute Gasteiger partial charge is 0.251 e. The molecule has 114 valence electrons. The molecular weight excluding hydrogens is 283 g/mol. The summed E-state index contributed by atoms with van der Waals surface area (Å²) < 4.78 is 14.4. The number of pyridine rings is 1. The van der Waals surface area contributed by atoms with Gasteiger partial charge in [0.2, 0.25) is 5.91 Å². The van der Waals surface area contributed by atoms with Gasteiger partial charge in [0.15, 0.2) is 0 Å². The molecule has 1 amide bonds. The molecule has 1 aromatic carbocycles. The van der Waals surface area contributed by atoms with E-state index in [2.05, 4.69) is 0 Å². The molecular formula is C17H17FN2O2. The molecule has 0 spiro atoms. The van der Waals surface area contributed by atoms with E-state index in [1.54, 1.807) is 4.90 Å². The number of aryl methyl sites for hydroxylation is 1. The Morgan fingerprint density at radius 2 is 2.05 bits per heavy atom. The first-order valence-corrected chi connectivity index (χ1v) is 7.32. The Hall–Kier alpha value is -2.43. The monoisotopic (exact) mass is 300 g/mol. The van der Waals surface area contributed by atoms with E-state index in [1.165, 1.54) is 0 Å². The quantitative estimate of drug-likeness (QED) is 0.854. The summed E-state index contributed by atoms with van der Waals surface area (Å²) in [6, 6.07) is 10.1. The highest BCUT2D eigenvalue weighted by Crippen LogP contribution is 2.30. The first-order chi connectivity index (χ1) is 10.6. The van der Waals surface area contributed by atoms with Crippen LogP contribution in [0.5, 0.6) is 0 Å². The van der Waals surface area contributed by atoms with Crippen LogP contribution in [0.1, 0.15) is 18.9 Å². The Morgan fingerprint density at radius 3 is 2.86 bits per heavy atom. The van der Waals surface area contributed by atoms with E-state index in [4.69, 9.17) is 0 Å². The number of halogens is 1. The molecule has 0 unspecified atom stereocenters. The van der Waals surface area contributed by atoms with E-state index in [-0.39, 0.29) is 24.1 Å². The van der Waals surface area contributed by atoms with Crippen LogP contribution in [0.4, 0.5) is 10.1 Å². The van der Waals surface area contributed by atoms with Crippen LogP contribution < -0.4 is 10.5 Å². The van der Waals surface area contributed by atoms with E-state index in [1.807, 2.05) is 31.2 Å². The van der Waals surface area contributed by atoms with Crippen molar-refractivity contribution in [1.29, 1.82) is 0 Å². The molecule has 5 heteroatoms. The Morgan fingerprint density at radius 1 is 1.27 bits per heavy atom. The molecule has 2 heterocycles. The van der Waals surface area contributed by atoms with Crippen LogP contribution in [-0.2, 0) is 17.8 Å². The minimum Gasteiger partial charge on any atom is -0.308 e. The van der Waals surface area contributed by atoms with Crippen molar-refractivity contribution in [1.82, 2.24) is 4.57 Å². The van der Waals surface area contributed by atoms with Crippen LogP contribution in [0.25, 0.3) is 0 Å². The molecule has 0 aliphatic carbocycles. The molecule has 4 nitrogen and oxygen atoms in total. The number of hydrogen-bond donors (Lipinski definition) is 0. The molecule has 1 aliphatic heterocycles. The molecule has 1 atom stereocenters. The number of fused-ring (bicyclic) bond motifs is 1. The van der Waals surface area contributed by atoms with Gasteiger partial charge in [-0.3, -0.25) is 9.59 Å². The van der Waals surface area contributed by atoms with E-state index in [0.717, 1.165) is 47.0 Å². The third kappa shape index (κ3) is 2.66. The van der Waals surface area contributed by atoms with Crippen LogP contribution in [0.2, 0.25) is 0 Å². The normalized spacial score (nSPS) is 17.2. The van der Waals surface area contributed by atoms with Gasteiger partial charge >= 0.3 is 0 Å². The SMILES string of the molecule is C[C@H]1CCc2ccccc2N1C(=O)Cn1cc(F)ccc1=O. The first kappa shape index (κ1) is 14.5. The van der Waals surface area contributed by atoms with Gasteiger partial charge in [-0.15, -0.1) is 0 Å². The molecule has 0 N–H and O–H groups in total. The Labute approximate surface area is 127 Å². The van der Waals surface area contributed by atoms with Gasteiger partial charge in [0.25, 0.3) is 5.56 Å². The van der Waals surface area contributed by atoms with Gasteiger partial charge in [-0.2, -0.15) is 0 Å². The highest BCUT2D eigenvalue weighted by Gasteiger charge is 2.28. The molecule has 3 rings (SSSR count). The van der Waals surface area contributed by atoms with Crippen molar-refractivity contribution in [3.63, 3.8) is 0 Å². The summed E-state index contributed by atoms with van der Waals surface area (Å²) in [5, 5.41) is 0. The summed E-state index contributed by atoms with van der Waals surface area (Å²) in [7, 11) is 0. The summed E-state index contributed by atoms with van der Waals surface area (Å²) in [5.74, 6) is -0.730. The average molecular weight is 300 g/mol. The third-order valence-electron chi connectivity index (χ3n) is 4.05. The number of para-hydroxylation sites is 1. The van der Waals surface area contributed by atoms with Gasteiger partial charge in [-0.05, 0) is 37.5 Å². The molecule has 1 aliphatic rings. The van der Waals surface area contributed by atoms with Crippen molar-refractivity contribution in [2.24, 2.45) is 0 Å². The Kier molecular flexibility index (Phi) is 3.79. The van der Waals surface area contributed by atoms with Crippen molar-refractivity contribution in [3.8, 4) is 0 Å². The fraction of sp³-hybridized carbons (Fsp3) is 0.294. The molecule has 0 saturated heterocycles. The second-order valence-electron chi connectivity index (χ2n) is 5.59. The zero-order valence-electron chi connectivity index (χ0n) is 12.3. The van der Waals surface area contributed by atoms with Crippen molar-refractivity contribution >= 4 is 11.6 Å². The summed E-state index contributed by atoms with van der Waals surface area (Å²) in [5.41, 5.74) is 1.63. The second kappa shape index (κ2) is 5.75. The molecule has 22 heavy (non-hydrogen) atoms. The molecule has 0 saturated carbocycles. The van der Waals surface area contributed by atoms with Crippen molar-refractivity contribution in [3.05, 3.63) is 64.3 Å². The predicted octanol–water partition coefficient (Wildman–Crippen LogP) is 2.36. The highest BCUT2D eigenvalue weighted by atomic mass is 19.1. The number of nitrogens with zero attached hydrogens (tertiary/aromatic N) is 2. The van der Waals surface area contributed by atoms with Gasteiger partial charge in [0, 0.05) is 24.0 Å². The maximum Gasteiger partial charge on any atom is 0.251 e. The van der Waals surface area contributed by atoms with Crippen molar-refractivity contribution < 1.29 is 9.18 Å². The number of amides is 1. The third-order valence-corrected chi connectivity index (χ3v) is 4.05. The molecule has 0 radical (unpaired) electrons. The van der Waals surface area contributed by atoms with Gasteiger partial charge in [0.1, 0.15) is 12.4 Å². The number of benzene rings is 1. The highest BCUT2D eigenvalue weighted by molar-refractivity contribution is 5.95. The molecule has 1 aromatic heterocycles. The fourth-order valence-corrected chi connectivity index (χ4v) is 2.92. The Balaban J connectivity index is 1.92. The van der Waals surface area contributed by atoms with Crippen molar-refractivity contribution in [2.45, 2.75) is 32.4 Å². The summed E-state index contributed by atoms with van der Waals surface area (Å²) in [6.07, 6.45) is 2.88. The standard InChI is InChI=1S/C17H17FN2O2/c1-12-6-7-13-4-2-3-5-15(13)20(12)17(22)11-19-10-14(18)8-9-16(19)21/h2-5,8-10,12H,6-7,11H2,1H3/t12-/m0/s1. The Bertz CT molecular complexity index is 769. The van der Waals surface area contributed by atoms with Gasteiger partial charge in [-0.1, -0.05) is 18.2 Å². The summed E-state index contributed by atoms with van der Waals surface area (Å²) in [4.78, 5) is 26.1. The topological polar surface area (TPSA) is 42.3 Å². The fourth-order valence-electron chi connectivity index (χ4n) is 2.92. The minimum atomic E-state index is -0.528. The van der Waals surface area contributed by atoms with Crippen LogP contribution in [0.3, 0.4) is 0 Å². The number of carbonyl (C=O) groups is 1. The maximum atomic E-state index is 13.3. The molecule has 0 fully saturated rings. The lowest BCUT2D eigenvalue weighted by Crippen LogP contribution is -2.44. The second-order valence-corrected chi connectivity index (χ2v) is 5.59. The molecule has 2 aromatic rings. The van der Waals surface area contributed by atoms with Crippen LogP contribution in [0.15, 0.2) is 47.4 Å². The lowest BCUT2D eigenvalue weighted by molar-refractivity contribution is -0.119. The van der Waals surface area contributed by atoms with Crippen LogP contribution in [0, 0.1) is 5.82 Å². The van der Waals surface area contributed by atoms with E-state index in [9.17, 15) is 14.0 Å². The minimum absolute atomic E-state index is 0.0617. The van der Waals surface area contributed by atoms with Gasteiger partial charge in [0.05, 0.1) is 0 Å². The summed E-state index contributed by atoms with van der Waals surface area (Å²) in [6.45, 7) is 1.83. The number of hydrogen-bond acceptors (Lipinski definition) is 2. The number of anilines is 1. The lowest BCUT2D eigenvalue weighted by atomic mass is 9.96. The van der Waals surface area contributed by atoms with Gasteiger partial charge < -0.3 is 9.47 Å². The number of carbonyl (C=O) groups excluding carboxylic acids is 1. The van der Waals surface area contributed by atoms with Gasteiger partial charge in [-0.25, -0.2) is 4.39 Å². The molecule has 0 bridgehead atoms. The lowest BCUT2D eigenvalue weighted by Gasteiger charge is -2.35. The number of rotatable bonds is 2. The first-order valence-electron chi connectivity index (χ1n) is 7.32. The van der Waals surface area contributed by atoms with E-state index < -0.39 is 5.82 Å². The van der Waals surface area contributed by atoms with Crippen molar-refractivity contribution in [2.75, 3.05) is 4.90 Å². The zero-order valence-corrected chi connectivity index (χ0v) is 12.3. The average Bonchev–Trinajstić information content (AvgIpc) is 2.50. The van der Waals surface area contributed by atoms with E-state index in [0.29, 0.717) is 0 Å². The van der Waals surface area contributed by atoms with Crippen LogP contribution in [-0.4, -0.2) is 16.5 Å². The maximum absolute atomic E-state index is 13.3. The van der Waals surface area contributed by atoms with E-state index >= 15 is 0 Å².